The van der Waals surface area contributed by atoms with Crippen molar-refractivity contribution >= 4 is 15.9 Å². The summed E-state index contributed by atoms with van der Waals surface area (Å²) in [6, 6.07) is 18.2. The highest BCUT2D eigenvalue weighted by atomic mass is 79.9. The lowest BCUT2D eigenvalue weighted by molar-refractivity contribution is 0.573. The summed E-state index contributed by atoms with van der Waals surface area (Å²) < 4.78 is 6.58. The minimum atomic E-state index is 0.665. The molecule has 0 unspecified atom stereocenters. The van der Waals surface area contributed by atoms with Crippen molar-refractivity contribution in [1.29, 1.82) is 0 Å². The van der Waals surface area contributed by atoms with E-state index in [0.29, 0.717) is 5.89 Å². The van der Waals surface area contributed by atoms with E-state index in [1.54, 1.807) is 6.26 Å². The Bertz CT molecular complexity index is 659. The molecule has 0 radical (unpaired) electrons. The molecule has 19 heavy (non-hydrogen) atoms. The predicted molar refractivity (Wildman–Crippen MR) is 78.9 cm³/mol. The third-order valence-corrected chi connectivity index (χ3v) is 3.40. The van der Waals surface area contributed by atoms with Gasteiger partial charge in [0.2, 0.25) is 5.89 Å². The normalized spacial score (nSPS) is 10.6. The maximum Gasteiger partial charge on any atom is 0.226 e. The fourth-order valence-electron chi connectivity index (χ4n) is 1.92. The van der Waals surface area contributed by atoms with Crippen molar-refractivity contribution in [1.82, 2.24) is 4.98 Å². The summed E-state index contributed by atoms with van der Waals surface area (Å²) >= 11 is 3.42. The lowest BCUT2D eigenvalue weighted by Gasteiger charge is -1.96. The smallest absolute Gasteiger partial charge is 0.226 e. The summed E-state index contributed by atoms with van der Waals surface area (Å²) in [4.78, 5) is 4.52. The highest BCUT2D eigenvalue weighted by Crippen LogP contribution is 2.21. The van der Waals surface area contributed by atoms with Crippen LogP contribution in [-0.2, 0) is 6.42 Å². The van der Waals surface area contributed by atoms with E-state index in [1.165, 1.54) is 5.56 Å². The summed E-state index contributed by atoms with van der Waals surface area (Å²) in [7, 11) is 0. The Kier molecular flexibility index (Phi) is 3.47. The number of hydrogen-bond acceptors (Lipinski definition) is 2. The van der Waals surface area contributed by atoms with Gasteiger partial charge in [-0.25, -0.2) is 4.98 Å². The summed E-state index contributed by atoms with van der Waals surface area (Å²) in [6.45, 7) is 0. The Morgan fingerprint density at radius 3 is 2.42 bits per heavy atom. The number of benzene rings is 2. The van der Waals surface area contributed by atoms with E-state index in [2.05, 4.69) is 33.0 Å². The van der Waals surface area contributed by atoms with Crippen LogP contribution in [0.2, 0.25) is 0 Å². The number of halogens is 1. The maximum absolute atomic E-state index is 5.54. The van der Waals surface area contributed by atoms with Crippen LogP contribution in [0.5, 0.6) is 0 Å². The third-order valence-electron chi connectivity index (χ3n) is 2.87. The lowest BCUT2D eigenvalue weighted by atomic mass is 10.1. The van der Waals surface area contributed by atoms with Crippen molar-refractivity contribution in [3.05, 3.63) is 76.6 Å². The molecule has 3 rings (SSSR count). The molecule has 2 aromatic carbocycles. The van der Waals surface area contributed by atoms with Gasteiger partial charge in [0, 0.05) is 16.5 Å². The Hall–Kier alpha value is -1.87. The maximum atomic E-state index is 5.54. The molecule has 2 nitrogen and oxygen atoms in total. The quantitative estimate of drug-likeness (QED) is 0.700. The first kappa shape index (κ1) is 12.2. The monoisotopic (exact) mass is 313 g/mol. The molecule has 0 saturated carbocycles. The van der Waals surface area contributed by atoms with Crippen LogP contribution in [0.4, 0.5) is 0 Å². The molecule has 3 aromatic rings. The lowest BCUT2D eigenvalue weighted by Crippen LogP contribution is -1.87. The van der Waals surface area contributed by atoms with E-state index in [0.717, 1.165) is 22.2 Å². The topological polar surface area (TPSA) is 26.0 Å². The average molecular weight is 314 g/mol. The van der Waals surface area contributed by atoms with Crippen LogP contribution in [0.1, 0.15) is 11.3 Å². The average Bonchev–Trinajstić information content (AvgIpc) is 2.89. The molecule has 0 aliphatic heterocycles. The van der Waals surface area contributed by atoms with Crippen LogP contribution in [0, 0.1) is 0 Å². The second kappa shape index (κ2) is 5.41. The molecule has 0 saturated heterocycles. The van der Waals surface area contributed by atoms with Gasteiger partial charge in [-0.1, -0.05) is 46.3 Å². The molecule has 0 atom stereocenters. The largest absolute Gasteiger partial charge is 0.444 e. The number of nitrogens with zero attached hydrogens (tertiary/aromatic N) is 1. The first-order valence-electron chi connectivity index (χ1n) is 6.05. The molecule has 0 N–H and O–H groups in total. The van der Waals surface area contributed by atoms with E-state index in [9.17, 15) is 0 Å². The van der Waals surface area contributed by atoms with E-state index in [-0.39, 0.29) is 0 Å². The minimum absolute atomic E-state index is 0.665. The summed E-state index contributed by atoms with van der Waals surface area (Å²) in [5.74, 6) is 0.665. The molecule has 0 aliphatic rings. The van der Waals surface area contributed by atoms with Gasteiger partial charge in [-0.05, 0) is 29.8 Å². The van der Waals surface area contributed by atoms with Gasteiger partial charge in [0.05, 0.1) is 5.69 Å². The Morgan fingerprint density at radius 1 is 0.947 bits per heavy atom. The van der Waals surface area contributed by atoms with Gasteiger partial charge in [-0.15, -0.1) is 0 Å². The number of hydrogen-bond donors (Lipinski definition) is 0. The molecule has 0 spiro atoms. The molecule has 0 aliphatic carbocycles. The van der Waals surface area contributed by atoms with E-state index >= 15 is 0 Å². The van der Waals surface area contributed by atoms with Gasteiger partial charge in [0.25, 0.3) is 0 Å². The number of aromatic nitrogens is 1. The van der Waals surface area contributed by atoms with Crippen molar-refractivity contribution in [2.24, 2.45) is 0 Å². The van der Waals surface area contributed by atoms with Gasteiger partial charge in [0.1, 0.15) is 6.26 Å². The van der Waals surface area contributed by atoms with Gasteiger partial charge in [-0.3, -0.25) is 0 Å². The van der Waals surface area contributed by atoms with Crippen LogP contribution in [0.25, 0.3) is 11.5 Å². The third kappa shape index (κ3) is 2.93. The standard InChI is InChI=1S/C16H12BrNO/c17-14-8-6-13(7-9-14)16-18-15(11-19-16)10-12-4-2-1-3-5-12/h1-9,11H,10H2. The van der Waals surface area contributed by atoms with Crippen LogP contribution >= 0.6 is 15.9 Å². The van der Waals surface area contributed by atoms with Crippen molar-refractivity contribution < 1.29 is 4.42 Å². The van der Waals surface area contributed by atoms with E-state index < -0.39 is 0 Å². The molecular formula is C16H12BrNO. The van der Waals surface area contributed by atoms with E-state index in [1.807, 2.05) is 42.5 Å². The number of rotatable bonds is 3. The number of oxazole rings is 1. The zero-order chi connectivity index (χ0) is 13.1. The fourth-order valence-corrected chi connectivity index (χ4v) is 2.18. The van der Waals surface area contributed by atoms with Crippen LogP contribution in [0.3, 0.4) is 0 Å². The van der Waals surface area contributed by atoms with Crippen LogP contribution in [-0.4, -0.2) is 4.98 Å². The SMILES string of the molecule is Brc1ccc(-c2nc(Cc3ccccc3)co2)cc1. The highest BCUT2D eigenvalue weighted by molar-refractivity contribution is 9.10. The zero-order valence-corrected chi connectivity index (χ0v) is 11.8. The molecular weight excluding hydrogens is 302 g/mol. The molecule has 3 heteroatoms. The van der Waals surface area contributed by atoms with Gasteiger partial charge in [0.15, 0.2) is 0 Å². The van der Waals surface area contributed by atoms with Crippen molar-refractivity contribution in [3.63, 3.8) is 0 Å². The van der Waals surface area contributed by atoms with Crippen LogP contribution < -0.4 is 0 Å². The van der Waals surface area contributed by atoms with Gasteiger partial charge in [-0.2, -0.15) is 0 Å². The first-order chi connectivity index (χ1) is 9.31. The van der Waals surface area contributed by atoms with Gasteiger partial charge < -0.3 is 4.42 Å². The fraction of sp³-hybridized carbons (Fsp3) is 0.0625. The highest BCUT2D eigenvalue weighted by Gasteiger charge is 2.07. The zero-order valence-electron chi connectivity index (χ0n) is 10.2. The van der Waals surface area contributed by atoms with Crippen molar-refractivity contribution in [2.45, 2.75) is 6.42 Å². The molecule has 1 aromatic heterocycles. The second-order valence-corrected chi connectivity index (χ2v) is 5.23. The summed E-state index contributed by atoms with van der Waals surface area (Å²) in [6.07, 6.45) is 2.52. The van der Waals surface area contributed by atoms with Crippen LogP contribution in [0.15, 0.2) is 69.8 Å². The Labute approximate surface area is 120 Å². The summed E-state index contributed by atoms with van der Waals surface area (Å²) in [5, 5.41) is 0. The molecule has 0 bridgehead atoms. The predicted octanol–water partition coefficient (Wildman–Crippen LogP) is 4.69. The first-order valence-corrected chi connectivity index (χ1v) is 6.85. The summed E-state index contributed by atoms with van der Waals surface area (Å²) in [5.41, 5.74) is 3.17. The Balaban J connectivity index is 1.82. The van der Waals surface area contributed by atoms with E-state index in [4.69, 9.17) is 4.42 Å². The second-order valence-electron chi connectivity index (χ2n) is 4.31. The van der Waals surface area contributed by atoms with Crippen molar-refractivity contribution in [2.75, 3.05) is 0 Å². The Morgan fingerprint density at radius 2 is 1.68 bits per heavy atom. The molecule has 1 heterocycles. The minimum Gasteiger partial charge on any atom is -0.444 e. The molecule has 94 valence electrons. The van der Waals surface area contributed by atoms with Gasteiger partial charge >= 0.3 is 0 Å². The molecule has 0 fully saturated rings. The molecule has 0 amide bonds. The van der Waals surface area contributed by atoms with Crippen molar-refractivity contribution in [3.8, 4) is 11.5 Å².